The maximum atomic E-state index is 12.7. The van der Waals surface area contributed by atoms with Crippen LogP contribution in [0.1, 0.15) is 104 Å². The molecule has 1 amide bonds. The van der Waals surface area contributed by atoms with Gasteiger partial charge in [-0.05, 0) is 119 Å². The topological polar surface area (TPSA) is 80.2 Å². The van der Waals surface area contributed by atoms with Crippen LogP contribution in [0, 0.1) is 40.9 Å². The molecule has 4 aliphatic carbocycles. The van der Waals surface area contributed by atoms with Gasteiger partial charge in [-0.2, -0.15) is 0 Å². The summed E-state index contributed by atoms with van der Waals surface area (Å²) >= 11 is 0. The lowest BCUT2D eigenvalue weighted by Gasteiger charge is -2.58. The first kappa shape index (κ1) is 31.4. The first-order chi connectivity index (χ1) is 20.9. The van der Waals surface area contributed by atoms with Crippen LogP contribution in [0.25, 0.3) is 0 Å². The molecule has 3 saturated carbocycles. The number of fused-ring (bicyclic) bond motifs is 5. The van der Waals surface area contributed by atoms with Crippen LogP contribution >= 0.6 is 0 Å². The van der Waals surface area contributed by atoms with Crippen LogP contribution in [0.15, 0.2) is 47.1 Å². The third-order valence-electron chi connectivity index (χ3n) is 12.9. The van der Waals surface area contributed by atoms with Crippen molar-refractivity contribution in [1.82, 2.24) is 5.32 Å². The van der Waals surface area contributed by atoms with Gasteiger partial charge in [0.15, 0.2) is 6.61 Å². The highest BCUT2D eigenvalue weighted by Crippen LogP contribution is 2.67. The van der Waals surface area contributed by atoms with E-state index in [1.807, 2.05) is 0 Å². The predicted octanol–water partition coefficient (Wildman–Crippen LogP) is 6.72. The summed E-state index contributed by atoms with van der Waals surface area (Å²) in [4.78, 5) is 18.3. The number of oxime groups is 1. The fourth-order valence-corrected chi connectivity index (χ4v) is 10.4. The Labute approximate surface area is 264 Å². The number of hydrogen-bond donors (Lipinski definition) is 2. The average molecular weight is 601 g/mol. The third-order valence-corrected chi connectivity index (χ3v) is 12.9. The number of benzene rings is 1. The molecular formula is C38H52N2O4. The summed E-state index contributed by atoms with van der Waals surface area (Å²) in [6, 6.07) is 10.7. The van der Waals surface area contributed by atoms with Gasteiger partial charge < -0.3 is 20.0 Å². The highest BCUT2D eigenvalue weighted by Gasteiger charge is 2.63. The highest BCUT2D eigenvalue weighted by atomic mass is 16.6. The number of nitrogens with one attached hydrogen (secondary N) is 1. The van der Waals surface area contributed by atoms with Gasteiger partial charge >= 0.3 is 0 Å². The van der Waals surface area contributed by atoms with Gasteiger partial charge in [0.2, 0.25) is 0 Å². The fraction of sp³-hybridized carbons (Fsp3) is 0.684. The van der Waals surface area contributed by atoms with Crippen LogP contribution in [0.2, 0.25) is 0 Å². The largest absolute Gasteiger partial charge is 0.385 e. The van der Waals surface area contributed by atoms with Crippen molar-refractivity contribution in [2.24, 2.45) is 33.7 Å². The van der Waals surface area contributed by atoms with Gasteiger partial charge in [-0.15, -0.1) is 6.42 Å². The number of ether oxygens (including phenoxy) is 1. The minimum atomic E-state index is -0.958. The molecule has 0 bridgehead atoms. The van der Waals surface area contributed by atoms with Crippen LogP contribution in [-0.4, -0.2) is 47.7 Å². The van der Waals surface area contributed by atoms with Gasteiger partial charge in [0.1, 0.15) is 5.60 Å². The molecule has 6 heteroatoms. The number of rotatable bonds is 7. The molecule has 1 aromatic rings. The molecule has 5 aliphatic rings. The van der Waals surface area contributed by atoms with Crippen LogP contribution in [0.5, 0.6) is 0 Å². The minimum Gasteiger partial charge on any atom is -0.385 e. The molecule has 238 valence electrons. The summed E-state index contributed by atoms with van der Waals surface area (Å²) < 4.78 is 6.04. The molecule has 0 radical (unpaired) electrons. The maximum absolute atomic E-state index is 12.7. The Hall–Kier alpha value is -2.62. The summed E-state index contributed by atoms with van der Waals surface area (Å²) in [6.07, 6.45) is 18.9. The molecule has 6 nitrogen and oxygen atoms in total. The second-order valence-corrected chi connectivity index (χ2v) is 15.6. The maximum Gasteiger partial charge on any atom is 0.260 e. The Kier molecular flexibility index (Phi) is 8.29. The third kappa shape index (κ3) is 5.43. The van der Waals surface area contributed by atoms with E-state index in [4.69, 9.17) is 16.0 Å². The van der Waals surface area contributed by atoms with E-state index in [9.17, 15) is 9.90 Å². The quantitative estimate of drug-likeness (QED) is 0.269. The fourth-order valence-electron chi connectivity index (χ4n) is 10.4. The predicted molar refractivity (Wildman–Crippen MR) is 174 cm³/mol. The van der Waals surface area contributed by atoms with Gasteiger partial charge in [-0.1, -0.05) is 60.8 Å². The van der Waals surface area contributed by atoms with E-state index in [0.717, 1.165) is 82.9 Å². The number of carbonyl (C=O) groups excluding carboxylic acids is 1. The van der Waals surface area contributed by atoms with Gasteiger partial charge in [0.25, 0.3) is 5.91 Å². The first-order valence-electron chi connectivity index (χ1n) is 17.0. The average Bonchev–Trinajstić information content (AvgIpc) is 3.28. The normalized spacial score (nSPS) is 40.1. The molecule has 0 aromatic heterocycles. The lowest BCUT2D eigenvalue weighted by Crippen LogP contribution is -2.54. The van der Waals surface area contributed by atoms with Crippen LogP contribution in [-0.2, 0) is 19.8 Å². The number of nitrogens with zero attached hydrogens (tertiary/aromatic N) is 1. The molecule has 6 rings (SSSR count). The summed E-state index contributed by atoms with van der Waals surface area (Å²) in [5.74, 6) is 4.39. The number of terminal acetylenes is 1. The minimum absolute atomic E-state index is 0.0193. The summed E-state index contributed by atoms with van der Waals surface area (Å²) in [5, 5.41) is 18.8. The van der Waals surface area contributed by atoms with E-state index in [0.29, 0.717) is 24.3 Å². The van der Waals surface area contributed by atoms with Crippen molar-refractivity contribution in [3.63, 3.8) is 0 Å². The molecular weight excluding hydrogens is 548 g/mol. The van der Waals surface area contributed by atoms with Crippen molar-refractivity contribution in [3.05, 3.63) is 47.5 Å². The second kappa shape index (κ2) is 11.6. The zero-order valence-electron chi connectivity index (χ0n) is 27.3. The van der Waals surface area contributed by atoms with E-state index in [1.165, 1.54) is 11.1 Å². The second-order valence-electron chi connectivity index (χ2n) is 15.6. The summed E-state index contributed by atoms with van der Waals surface area (Å²) in [7, 11) is 0. The van der Waals surface area contributed by atoms with Crippen LogP contribution in [0.3, 0.4) is 0 Å². The Morgan fingerprint density at radius 1 is 1.07 bits per heavy atom. The van der Waals surface area contributed by atoms with Crippen molar-refractivity contribution >= 4 is 11.6 Å². The zero-order chi connectivity index (χ0) is 31.2. The van der Waals surface area contributed by atoms with Gasteiger partial charge in [0, 0.05) is 24.0 Å². The molecule has 0 unspecified atom stereocenters. The number of allylic oxidation sites excluding steroid dienone is 2. The molecule has 4 fully saturated rings. The van der Waals surface area contributed by atoms with Crippen molar-refractivity contribution in [2.45, 2.75) is 115 Å². The SMILES string of the molecule is C#C[C@]1(O)CC[C@@H]2[C@@H]3CCC4=CC(=NOCC(=O)NCC[C@]5(c6ccccc6)CCOC(C)(C)C5)CC[C@]4(C)[C@H]3CC[C@@]21C. The standard InChI is InChI=1S/C38H52N2O4/c1-6-38(42)19-16-32-30-13-12-28-24-29(14-17-35(28,4)31(30)15-18-36(32,38)5)40-44-25-33(41)39-22-20-37(27-10-8-7-9-11-27)21-23-43-34(2,3)26-37/h1,7-11,24,30-32,42H,12-23,25-26H2,2-5H3,(H,39,41)/t30-,31+,32-,35+,36+,37+,38+/m1/s1. The van der Waals surface area contributed by atoms with Gasteiger partial charge in [-0.3, -0.25) is 4.79 Å². The van der Waals surface area contributed by atoms with E-state index in [1.54, 1.807) is 0 Å². The lowest BCUT2D eigenvalue weighted by molar-refractivity contribution is -0.125. The molecule has 44 heavy (non-hydrogen) atoms. The molecule has 0 spiro atoms. The number of aliphatic hydroxyl groups is 1. The number of hydrogen-bond acceptors (Lipinski definition) is 5. The molecule has 1 heterocycles. The Morgan fingerprint density at radius 2 is 1.84 bits per heavy atom. The first-order valence-corrected chi connectivity index (χ1v) is 17.0. The summed E-state index contributed by atoms with van der Waals surface area (Å²) in [5.41, 5.74) is 2.57. The molecule has 1 aromatic carbocycles. The van der Waals surface area contributed by atoms with Crippen molar-refractivity contribution in [1.29, 1.82) is 0 Å². The number of amides is 1. The zero-order valence-corrected chi connectivity index (χ0v) is 27.3. The van der Waals surface area contributed by atoms with Crippen LogP contribution < -0.4 is 5.32 Å². The lowest BCUT2D eigenvalue weighted by atomic mass is 9.46. The molecule has 7 atom stereocenters. The number of carbonyl (C=O) groups is 1. The highest BCUT2D eigenvalue weighted by molar-refractivity contribution is 5.96. The van der Waals surface area contributed by atoms with Crippen molar-refractivity contribution in [2.75, 3.05) is 19.8 Å². The van der Waals surface area contributed by atoms with Gasteiger partial charge in [0.05, 0.1) is 11.3 Å². The Bertz CT molecular complexity index is 1350. The van der Waals surface area contributed by atoms with E-state index < -0.39 is 5.60 Å². The molecule has 2 N–H and O–H groups in total. The Balaban J connectivity index is 1.03. The van der Waals surface area contributed by atoms with Crippen molar-refractivity contribution < 1.29 is 19.5 Å². The summed E-state index contributed by atoms with van der Waals surface area (Å²) in [6.45, 7) is 10.3. The monoisotopic (exact) mass is 600 g/mol. The molecule has 1 aliphatic heterocycles. The molecule has 1 saturated heterocycles. The van der Waals surface area contributed by atoms with Gasteiger partial charge in [-0.25, -0.2) is 0 Å². The van der Waals surface area contributed by atoms with E-state index in [2.05, 4.69) is 80.5 Å². The van der Waals surface area contributed by atoms with Crippen molar-refractivity contribution in [3.8, 4) is 12.3 Å². The smallest absolute Gasteiger partial charge is 0.260 e. The van der Waals surface area contributed by atoms with Crippen LogP contribution in [0.4, 0.5) is 0 Å². The Morgan fingerprint density at radius 3 is 2.59 bits per heavy atom. The van der Waals surface area contributed by atoms with E-state index in [-0.39, 0.29) is 34.4 Å². The van der Waals surface area contributed by atoms with E-state index >= 15 is 0 Å².